The standard InChI is InChI=1S/C49H61N23O31P4/c50-19-1-2-68(49(82)63-19)42-25(75)24(74)15(96-42)4-91-104(83,84)101-32-18(99-45(28(32)78)71-12-61-22-38(71)64-47(53)66-40(22)80)7-94-106(87,88)102-31-16(97-44(27(31)77)70-11-60-21-35(52)56-9-58-37(21)70)5-93-107(89,90)103-33-17(98-46(29(33)79)72-13-62-23-39(72)65-48(54)67-41(23)81)6-92-105(85,86)100-30-14(3-73)95-43(26(30)76)69-10-59-20-34(51)55-8-57-36(20)69/h1-2,8-18,24-33,42-46,73-79H,3-7H2,(H,83,84)(H,85,86)(H,87,88)(H,89,90)(H2,50,63,82)(H2,51,55,57)(H2,52,56,58)(H3,53,64,66,80)(H3,54,65,67,81)/t14-,15-,16-,17-,18-,24-,25-,26-,27-,28-,29-,30-,31-,32-,33-,42-,43-,44-,45-,46-/m1/s1. The van der Waals surface area contributed by atoms with Gasteiger partial charge in [0.25, 0.3) is 11.1 Å². The third-order valence-corrected chi connectivity index (χ3v) is 21.2. The lowest BCUT2D eigenvalue weighted by atomic mass is 10.1. The zero-order chi connectivity index (χ0) is 76.2. The number of nitrogens with two attached hydrogens (primary N) is 5. The van der Waals surface area contributed by atoms with E-state index in [0.717, 1.165) is 62.4 Å². The van der Waals surface area contributed by atoms with Crippen LogP contribution in [-0.4, -0.2) is 268 Å². The summed E-state index contributed by atoms with van der Waals surface area (Å²) in [4.78, 5) is 132. The number of aromatic nitrogens is 18. The molecule has 14 rings (SSSR count). The van der Waals surface area contributed by atoms with Crippen LogP contribution in [0.3, 0.4) is 0 Å². The minimum absolute atomic E-state index is 0.0387. The molecule has 5 fully saturated rings. The molecular weight excluding hydrogens is 1530 g/mol. The van der Waals surface area contributed by atoms with Gasteiger partial charge in [-0.25, -0.2) is 62.9 Å². The van der Waals surface area contributed by atoms with E-state index in [2.05, 4.69) is 64.8 Å². The molecule has 54 nitrogen and oxygen atoms in total. The fourth-order valence-corrected chi connectivity index (χ4v) is 16.2. The fourth-order valence-electron chi connectivity index (χ4n) is 12.4. The third-order valence-electron chi connectivity index (χ3n) is 17.3. The van der Waals surface area contributed by atoms with Crippen molar-refractivity contribution >= 4 is 105 Å². The van der Waals surface area contributed by atoms with Crippen LogP contribution in [0.2, 0.25) is 0 Å². The van der Waals surface area contributed by atoms with Gasteiger partial charge in [-0.3, -0.25) is 78.6 Å². The lowest BCUT2D eigenvalue weighted by Gasteiger charge is -2.27. The van der Waals surface area contributed by atoms with Crippen molar-refractivity contribution in [3.05, 3.63) is 81.4 Å². The number of imidazole rings is 4. The van der Waals surface area contributed by atoms with Crippen LogP contribution in [0.25, 0.3) is 44.7 Å². The lowest BCUT2D eigenvalue weighted by molar-refractivity contribution is -0.0647. The quantitative estimate of drug-likeness (QED) is 0.0224. The Morgan fingerprint density at radius 2 is 0.738 bits per heavy atom. The topological polar surface area (TPSA) is 790 Å². The molecule has 24 atom stereocenters. The Morgan fingerprint density at radius 1 is 0.411 bits per heavy atom. The number of hydrogen-bond donors (Lipinski definition) is 18. The Kier molecular flexibility index (Phi) is 20.4. The number of anilines is 5. The summed E-state index contributed by atoms with van der Waals surface area (Å²) < 4.78 is 134. The van der Waals surface area contributed by atoms with Crippen molar-refractivity contribution in [1.82, 2.24) is 87.6 Å². The number of nitrogens with one attached hydrogen (secondary N) is 2. The van der Waals surface area contributed by atoms with E-state index in [1.807, 2.05) is 0 Å². The molecule has 9 aromatic heterocycles. The molecule has 5 aliphatic rings. The summed E-state index contributed by atoms with van der Waals surface area (Å²) in [6, 6.07) is 1.17. The minimum atomic E-state index is -5.87. The molecule has 0 aromatic carbocycles. The number of nitrogen functional groups attached to an aromatic ring is 5. The molecule has 0 aliphatic carbocycles. The second-order valence-corrected chi connectivity index (χ2v) is 29.7. The first-order chi connectivity index (χ1) is 50.7. The van der Waals surface area contributed by atoms with Gasteiger partial charge in [0, 0.05) is 6.20 Å². The molecule has 5 saturated heterocycles. The van der Waals surface area contributed by atoms with Gasteiger partial charge in [-0.05, 0) is 6.07 Å². The number of aromatic amines is 2. The molecule has 0 bridgehead atoms. The molecule has 4 unspecified atom stereocenters. The van der Waals surface area contributed by atoms with Gasteiger partial charge < -0.3 is 108 Å². The molecule has 14 heterocycles. The summed E-state index contributed by atoms with van der Waals surface area (Å²) in [6.45, 7) is -5.92. The van der Waals surface area contributed by atoms with Crippen LogP contribution in [0.4, 0.5) is 29.4 Å². The summed E-state index contributed by atoms with van der Waals surface area (Å²) in [6.07, 6.45) is -31.8. The first-order valence-electron chi connectivity index (χ1n) is 30.9. The summed E-state index contributed by atoms with van der Waals surface area (Å²) in [5.41, 5.74) is 24.8. The molecule has 5 aliphatic heterocycles. The molecule has 107 heavy (non-hydrogen) atoms. The Labute approximate surface area is 590 Å². The molecule has 9 aromatic rings. The number of aliphatic hydroxyl groups is 7. The molecular formula is C49H61N23O31P4. The number of ether oxygens (including phenoxy) is 5. The van der Waals surface area contributed by atoms with E-state index in [-0.39, 0.29) is 62.1 Å². The highest BCUT2D eigenvalue weighted by Gasteiger charge is 2.57. The smallest absolute Gasteiger partial charge is 0.394 e. The fraction of sp³-hybridized carbons (Fsp3) is 0.510. The van der Waals surface area contributed by atoms with E-state index in [1.54, 1.807) is 0 Å². The largest absolute Gasteiger partial charge is 0.472 e. The van der Waals surface area contributed by atoms with Gasteiger partial charge in [-0.2, -0.15) is 15.0 Å². The summed E-state index contributed by atoms with van der Waals surface area (Å²) in [5, 5.41) is 79.3. The SMILES string of the molecule is Nc1ccn([C@@H]2O[C@H](COP(=O)(O)O[C@H]3[C@@H](O)[C@H](n4cnc5c(=O)[nH]c(N)nc54)O[C@@H]3COP(=O)(O)O[C@H]3[C@@H](O)[C@H](n4cnc5c(N)ncnc54)O[C@@H]3COP(=O)(O)O[C@H]3[C@@H](O)[C@H](n4cnc5c(=O)[nH]c(N)nc54)O[C@@H]3COP(=O)(O)O[C@H]3[C@@H](O)[C@H](n4cnc5c(N)ncnc54)O[C@@H]3CO)[C@@H](O)[C@H]2O)c(=O)n1. The molecule has 23 N–H and O–H groups in total. The van der Waals surface area contributed by atoms with Crippen molar-refractivity contribution < 1.29 is 133 Å². The average Bonchev–Trinajstić information content (AvgIpc) is 1.62. The van der Waals surface area contributed by atoms with E-state index in [1.165, 1.54) is 10.6 Å². The van der Waals surface area contributed by atoms with E-state index in [9.17, 15) is 88.0 Å². The molecule has 58 heteroatoms. The normalized spacial score (nSPS) is 32.0. The first-order valence-corrected chi connectivity index (χ1v) is 36.9. The summed E-state index contributed by atoms with van der Waals surface area (Å²) >= 11 is 0. The summed E-state index contributed by atoms with van der Waals surface area (Å²) in [7, 11) is -22.9. The van der Waals surface area contributed by atoms with Gasteiger partial charge in [0.2, 0.25) is 11.9 Å². The van der Waals surface area contributed by atoms with E-state index in [4.69, 9.17) is 88.5 Å². The highest BCUT2D eigenvalue weighted by molar-refractivity contribution is 7.48. The third kappa shape index (κ3) is 14.7. The van der Waals surface area contributed by atoms with Crippen molar-refractivity contribution in [3.8, 4) is 0 Å². The zero-order valence-corrected chi connectivity index (χ0v) is 57.2. The molecule has 578 valence electrons. The Balaban J connectivity index is 0.702. The predicted molar refractivity (Wildman–Crippen MR) is 343 cm³/mol. The van der Waals surface area contributed by atoms with Crippen LogP contribution in [0.15, 0.2) is 64.6 Å². The lowest BCUT2D eigenvalue weighted by Crippen LogP contribution is -2.38. The molecule has 0 amide bonds. The maximum Gasteiger partial charge on any atom is 0.472 e. The van der Waals surface area contributed by atoms with Gasteiger partial charge in [0.1, 0.15) is 121 Å². The maximum absolute atomic E-state index is 14.4. The number of aliphatic hydroxyl groups excluding tert-OH is 7. The van der Waals surface area contributed by atoms with Gasteiger partial charge in [0.15, 0.2) is 76.4 Å². The van der Waals surface area contributed by atoms with Gasteiger partial charge >= 0.3 is 37.0 Å². The van der Waals surface area contributed by atoms with Crippen molar-refractivity contribution in [2.24, 2.45) is 0 Å². The zero-order valence-electron chi connectivity index (χ0n) is 53.6. The second-order valence-electron chi connectivity index (χ2n) is 24.0. The Hall–Kier alpha value is -8.36. The van der Waals surface area contributed by atoms with E-state index >= 15 is 0 Å². The Morgan fingerprint density at radius 3 is 1.11 bits per heavy atom. The number of phosphoric ester groups is 4. The molecule has 0 spiro atoms. The number of H-pyrrole nitrogens is 2. The monoisotopic (exact) mass is 1590 g/mol. The number of hydrogen-bond acceptors (Lipinski definition) is 43. The van der Waals surface area contributed by atoms with Crippen molar-refractivity contribution in [1.29, 1.82) is 0 Å². The highest BCUT2D eigenvalue weighted by Crippen LogP contribution is 2.56. The van der Waals surface area contributed by atoms with Crippen LogP contribution in [0.5, 0.6) is 0 Å². The molecule has 0 saturated carbocycles. The maximum atomic E-state index is 14.4. The van der Waals surface area contributed by atoms with Gasteiger partial charge in [0.05, 0.1) is 58.3 Å². The minimum Gasteiger partial charge on any atom is -0.394 e. The summed E-state index contributed by atoms with van der Waals surface area (Å²) in [5.74, 6) is -1.37. The predicted octanol–water partition coefficient (Wildman–Crippen LogP) is -7.25. The van der Waals surface area contributed by atoms with Crippen molar-refractivity contribution in [3.63, 3.8) is 0 Å². The van der Waals surface area contributed by atoms with Gasteiger partial charge in [-0.1, -0.05) is 0 Å². The first kappa shape index (κ1) is 75.5. The Bertz CT molecular complexity index is 5240. The number of rotatable bonds is 26. The van der Waals surface area contributed by atoms with Crippen molar-refractivity contribution in [2.45, 2.75) is 123 Å². The van der Waals surface area contributed by atoms with Crippen LogP contribution in [0, 0.1) is 0 Å². The average molecular weight is 1590 g/mol. The van der Waals surface area contributed by atoms with Crippen LogP contribution >= 0.6 is 31.3 Å². The molecule has 0 radical (unpaired) electrons. The number of nitrogens with zero attached hydrogens (tertiary/aromatic N) is 16. The number of phosphoric acid groups is 4. The highest BCUT2D eigenvalue weighted by atomic mass is 31.2. The number of fused-ring (bicyclic) bond motifs is 4. The van der Waals surface area contributed by atoms with Crippen LogP contribution in [-0.2, 0) is 78.1 Å². The van der Waals surface area contributed by atoms with Crippen LogP contribution < -0.4 is 45.5 Å². The van der Waals surface area contributed by atoms with E-state index in [0.29, 0.717) is 0 Å². The van der Waals surface area contributed by atoms with Crippen molar-refractivity contribution in [2.75, 3.05) is 61.7 Å². The van der Waals surface area contributed by atoms with Crippen LogP contribution in [0.1, 0.15) is 31.1 Å². The van der Waals surface area contributed by atoms with Gasteiger partial charge in [-0.15, -0.1) is 0 Å². The second kappa shape index (κ2) is 28.9. The van der Waals surface area contributed by atoms with E-state index < -0.39 is 216 Å².